The lowest BCUT2D eigenvalue weighted by Gasteiger charge is -2.16. The van der Waals surface area contributed by atoms with Crippen LogP contribution in [0.3, 0.4) is 0 Å². The quantitative estimate of drug-likeness (QED) is 0.465. The number of amides is 1. The summed E-state index contributed by atoms with van der Waals surface area (Å²) in [4.78, 5) is 29.3. The van der Waals surface area contributed by atoms with Gasteiger partial charge in [0.2, 0.25) is 0 Å². The van der Waals surface area contributed by atoms with Gasteiger partial charge in [0, 0.05) is 39.1 Å². The first kappa shape index (κ1) is 23.6. The van der Waals surface area contributed by atoms with E-state index in [9.17, 15) is 9.59 Å². The van der Waals surface area contributed by atoms with Crippen molar-refractivity contribution in [3.05, 3.63) is 46.3 Å². The number of nitrogens with zero attached hydrogens (tertiary/aromatic N) is 2. The van der Waals surface area contributed by atoms with Crippen LogP contribution in [0.2, 0.25) is 5.02 Å². The first-order valence-electron chi connectivity index (χ1n) is 10.4. The number of nitrogens with one attached hydrogen (secondary N) is 2. The number of methoxy groups -OCH3 is 1. The number of halogens is 1. The monoisotopic (exact) mass is 462 g/mol. The third-order valence-electron chi connectivity index (χ3n) is 4.95. The molecule has 0 radical (unpaired) electrons. The Morgan fingerprint density at radius 2 is 2.16 bits per heavy atom. The lowest BCUT2D eigenvalue weighted by atomic mass is 10.1. The average molecular weight is 463 g/mol. The molecular formula is C22H27ClN4O5. The molecule has 9 nitrogen and oxygen atoms in total. The summed E-state index contributed by atoms with van der Waals surface area (Å²) in [6.07, 6.45) is 3.72. The number of aliphatic hydroxyl groups excluding tert-OH is 1. The van der Waals surface area contributed by atoms with Crippen molar-refractivity contribution in [2.24, 2.45) is 0 Å². The van der Waals surface area contributed by atoms with Crippen LogP contribution < -0.4 is 20.1 Å². The minimum absolute atomic E-state index is 0.00241. The molecule has 0 aliphatic heterocycles. The van der Waals surface area contributed by atoms with E-state index in [0.29, 0.717) is 54.6 Å². The highest BCUT2D eigenvalue weighted by Crippen LogP contribution is 2.30. The number of carbonyl (C=O) groups is 2. The fraction of sp³-hybridized carbons (Fsp3) is 0.409. The van der Waals surface area contributed by atoms with Gasteiger partial charge in [-0.05, 0) is 30.5 Å². The number of aliphatic hydroxyl groups is 1. The van der Waals surface area contributed by atoms with E-state index in [1.807, 2.05) is 6.07 Å². The molecule has 0 fully saturated rings. The van der Waals surface area contributed by atoms with Gasteiger partial charge < -0.3 is 25.2 Å². The van der Waals surface area contributed by atoms with Gasteiger partial charge in [-0.1, -0.05) is 17.7 Å². The molecule has 1 amide bonds. The van der Waals surface area contributed by atoms with Crippen LogP contribution in [0.1, 0.15) is 41.7 Å². The summed E-state index contributed by atoms with van der Waals surface area (Å²) in [5.41, 5.74) is 1.09. The van der Waals surface area contributed by atoms with Crippen molar-refractivity contribution in [1.29, 1.82) is 0 Å². The number of rotatable bonds is 10. The maximum absolute atomic E-state index is 13.0. The number of hydrogen-bond donors (Lipinski definition) is 3. The molecule has 0 saturated heterocycles. The average Bonchev–Trinajstić information content (AvgIpc) is 3.12. The standard InChI is InChI=1S/C22H27ClN4O5/c1-24-20-19(21(30)25-9-4-10-28)27(13-14-7-8-17(23)18(11-14)31-2)22(26-20)32-16-6-3-5-15(29)12-16/h7-8,11-12,24,28H,3-6,9-10,13H2,1-2H3,(H,25,30). The minimum atomic E-state index is -0.361. The lowest BCUT2D eigenvalue weighted by Crippen LogP contribution is -2.28. The molecule has 0 unspecified atom stereocenters. The molecule has 1 aromatic heterocycles. The van der Waals surface area contributed by atoms with Crippen molar-refractivity contribution in [2.45, 2.75) is 32.2 Å². The number of allylic oxidation sites excluding steroid dienone is 2. The van der Waals surface area contributed by atoms with E-state index < -0.39 is 0 Å². The van der Waals surface area contributed by atoms with Crippen LogP contribution in [0.4, 0.5) is 5.82 Å². The predicted octanol–water partition coefficient (Wildman–Crippen LogP) is 2.76. The highest BCUT2D eigenvalue weighted by molar-refractivity contribution is 6.32. The smallest absolute Gasteiger partial charge is 0.304 e. The molecule has 1 aliphatic carbocycles. The van der Waals surface area contributed by atoms with Gasteiger partial charge >= 0.3 is 6.01 Å². The molecule has 3 N–H and O–H groups in total. The van der Waals surface area contributed by atoms with Crippen molar-refractivity contribution in [1.82, 2.24) is 14.9 Å². The molecule has 10 heteroatoms. The SMILES string of the molecule is CNc1nc(OC2=CC(=O)CCC2)n(Cc2ccc(Cl)c(OC)c2)c1C(=O)NCCCO. The summed E-state index contributed by atoms with van der Waals surface area (Å²) >= 11 is 6.15. The van der Waals surface area contributed by atoms with E-state index >= 15 is 0 Å². The summed E-state index contributed by atoms with van der Waals surface area (Å²) in [5, 5.41) is 15.2. The molecule has 0 bridgehead atoms. The van der Waals surface area contributed by atoms with E-state index in [4.69, 9.17) is 26.2 Å². The number of carbonyl (C=O) groups excluding carboxylic acids is 2. The Bertz CT molecular complexity index is 1020. The third kappa shape index (κ3) is 5.60. The van der Waals surface area contributed by atoms with Gasteiger partial charge in [-0.2, -0.15) is 4.98 Å². The van der Waals surface area contributed by atoms with Gasteiger partial charge in [0.05, 0.1) is 18.7 Å². The van der Waals surface area contributed by atoms with Crippen molar-refractivity contribution < 1.29 is 24.2 Å². The second kappa shape index (κ2) is 11.0. The Labute approximate surface area is 191 Å². The Balaban J connectivity index is 2.01. The molecule has 1 heterocycles. The fourth-order valence-electron chi connectivity index (χ4n) is 3.37. The van der Waals surface area contributed by atoms with Crippen LogP contribution in [-0.4, -0.2) is 53.7 Å². The van der Waals surface area contributed by atoms with E-state index in [0.717, 1.165) is 5.56 Å². The van der Waals surface area contributed by atoms with Gasteiger partial charge in [0.1, 0.15) is 11.5 Å². The Morgan fingerprint density at radius 1 is 1.34 bits per heavy atom. The number of imidazole rings is 1. The Morgan fingerprint density at radius 3 is 2.84 bits per heavy atom. The number of ether oxygens (including phenoxy) is 2. The first-order chi connectivity index (χ1) is 15.5. The van der Waals surface area contributed by atoms with Crippen molar-refractivity contribution >= 4 is 29.1 Å². The van der Waals surface area contributed by atoms with Gasteiger partial charge in [0.15, 0.2) is 17.3 Å². The van der Waals surface area contributed by atoms with Crippen molar-refractivity contribution in [3.63, 3.8) is 0 Å². The number of ketones is 1. The number of hydrogen-bond acceptors (Lipinski definition) is 7. The molecule has 1 aromatic carbocycles. The topological polar surface area (TPSA) is 115 Å². The molecule has 1 aliphatic rings. The predicted molar refractivity (Wildman–Crippen MR) is 120 cm³/mol. The van der Waals surface area contributed by atoms with Gasteiger partial charge in [-0.3, -0.25) is 14.2 Å². The van der Waals surface area contributed by atoms with Crippen molar-refractivity contribution in [2.75, 3.05) is 32.6 Å². The van der Waals surface area contributed by atoms with E-state index in [1.54, 1.807) is 23.7 Å². The van der Waals surface area contributed by atoms with Crippen molar-refractivity contribution in [3.8, 4) is 11.8 Å². The fourth-order valence-corrected chi connectivity index (χ4v) is 3.56. The Hall–Kier alpha value is -3.04. The minimum Gasteiger partial charge on any atom is -0.495 e. The van der Waals surface area contributed by atoms with Crippen LogP contribution in [0.15, 0.2) is 30.0 Å². The maximum Gasteiger partial charge on any atom is 0.304 e. The zero-order valence-corrected chi connectivity index (χ0v) is 18.9. The van der Waals surface area contributed by atoms with E-state index in [-0.39, 0.29) is 36.5 Å². The number of benzene rings is 1. The molecular weight excluding hydrogens is 436 g/mol. The molecule has 172 valence electrons. The number of anilines is 1. The zero-order chi connectivity index (χ0) is 23.1. The zero-order valence-electron chi connectivity index (χ0n) is 18.1. The summed E-state index contributed by atoms with van der Waals surface area (Å²) in [6, 6.07) is 5.51. The maximum atomic E-state index is 13.0. The lowest BCUT2D eigenvalue weighted by molar-refractivity contribution is -0.115. The van der Waals surface area contributed by atoms with Gasteiger partial charge in [0.25, 0.3) is 5.91 Å². The molecule has 2 aromatic rings. The van der Waals surface area contributed by atoms with E-state index in [2.05, 4.69) is 15.6 Å². The van der Waals surface area contributed by atoms with Crippen LogP contribution in [0.5, 0.6) is 11.8 Å². The van der Waals surface area contributed by atoms with Crippen LogP contribution in [-0.2, 0) is 11.3 Å². The van der Waals surface area contributed by atoms with Crippen LogP contribution in [0.25, 0.3) is 0 Å². The summed E-state index contributed by atoms with van der Waals surface area (Å²) in [6.45, 7) is 0.537. The first-order valence-corrected chi connectivity index (χ1v) is 10.8. The molecule has 0 saturated carbocycles. The molecule has 32 heavy (non-hydrogen) atoms. The summed E-state index contributed by atoms with van der Waals surface area (Å²) in [7, 11) is 3.19. The number of aromatic nitrogens is 2. The normalized spacial score (nSPS) is 13.5. The van der Waals surface area contributed by atoms with Crippen LogP contribution in [0, 0.1) is 0 Å². The molecule has 0 atom stereocenters. The highest BCUT2D eigenvalue weighted by atomic mass is 35.5. The van der Waals surface area contributed by atoms with E-state index in [1.165, 1.54) is 13.2 Å². The third-order valence-corrected chi connectivity index (χ3v) is 5.26. The van der Waals surface area contributed by atoms with Gasteiger partial charge in [-0.15, -0.1) is 0 Å². The summed E-state index contributed by atoms with van der Waals surface area (Å²) < 4.78 is 12.9. The highest BCUT2D eigenvalue weighted by Gasteiger charge is 2.25. The Kier molecular flexibility index (Phi) is 8.13. The van der Waals surface area contributed by atoms with Gasteiger partial charge in [-0.25, -0.2) is 0 Å². The second-order valence-corrected chi connectivity index (χ2v) is 7.67. The molecule has 3 rings (SSSR count). The second-order valence-electron chi connectivity index (χ2n) is 7.26. The summed E-state index contributed by atoms with van der Waals surface area (Å²) in [5.74, 6) is 0.999. The largest absolute Gasteiger partial charge is 0.495 e. The van der Waals surface area contributed by atoms with Crippen LogP contribution >= 0.6 is 11.6 Å². The molecule has 0 spiro atoms.